The van der Waals surface area contributed by atoms with Gasteiger partial charge in [0.05, 0.1) is 25.4 Å². The average Bonchev–Trinajstić information content (AvgIpc) is 3.29. The molecule has 1 amide bonds. The molecule has 0 unspecified atom stereocenters. The molecule has 140 valence electrons. The fourth-order valence-corrected chi connectivity index (χ4v) is 4.32. The van der Waals surface area contributed by atoms with Crippen LogP contribution in [0.4, 0.5) is 5.69 Å². The molecule has 3 aromatic carbocycles. The van der Waals surface area contributed by atoms with Crippen LogP contribution in [0.5, 0.6) is 0 Å². The van der Waals surface area contributed by atoms with Crippen LogP contribution in [0.25, 0.3) is 10.8 Å². The first-order valence-corrected chi connectivity index (χ1v) is 9.80. The highest BCUT2D eigenvalue weighted by Crippen LogP contribution is 2.46. The number of carbonyl (C=O) groups excluding carboxylic acids is 2. The van der Waals surface area contributed by atoms with E-state index in [0.717, 1.165) is 15.2 Å². The van der Waals surface area contributed by atoms with Gasteiger partial charge in [0.15, 0.2) is 5.78 Å². The van der Waals surface area contributed by atoms with E-state index in [1.807, 2.05) is 54.6 Å². The predicted molar refractivity (Wildman–Crippen MR) is 108 cm³/mol. The molecule has 0 saturated carbocycles. The lowest BCUT2D eigenvalue weighted by atomic mass is 10.0. The summed E-state index contributed by atoms with van der Waals surface area (Å²) < 4.78 is 12.3. The van der Waals surface area contributed by atoms with Gasteiger partial charge in [-0.15, -0.1) is 0 Å². The first-order chi connectivity index (χ1) is 13.6. The zero-order valence-electron chi connectivity index (χ0n) is 14.9. The number of amides is 1. The summed E-state index contributed by atoms with van der Waals surface area (Å²) in [7, 11) is 0. The Morgan fingerprint density at radius 2 is 1.79 bits per heavy atom. The number of anilines is 1. The molecule has 0 radical (unpaired) electrons. The third-order valence-electron chi connectivity index (χ3n) is 5.22. The Morgan fingerprint density at radius 1 is 1.04 bits per heavy atom. The maximum Gasteiger partial charge on any atom is 0.292 e. The van der Waals surface area contributed by atoms with Crippen LogP contribution in [0.3, 0.4) is 0 Å². The molecule has 2 aliphatic rings. The van der Waals surface area contributed by atoms with Crippen molar-refractivity contribution in [1.29, 1.82) is 0 Å². The van der Waals surface area contributed by atoms with Gasteiger partial charge in [-0.3, -0.25) is 14.5 Å². The van der Waals surface area contributed by atoms with Gasteiger partial charge in [0.2, 0.25) is 0 Å². The van der Waals surface area contributed by atoms with Crippen molar-refractivity contribution in [1.82, 2.24) is 0 Å². The number of nitrogens with zero attached hydrogens (tertiary/aromatic N) is 1. The van der Waals surface area contributed by atoms with Crippen LogP contribution in [-0.4, -0.2) is 31.4 Å². The van der Waals surface area contributed by atoms with Crippen LogP contribution in [0.2, 0.25) is 0 Å². The molecule has 5 nitrogen and oxygen atoms in total. The van der Waals surface area contributed by atoms with Crippen molar-refractivity contribution >= 4 is 44.1 Å². The van der Waals surface area contributed by atoms with Crippen molar-refractivity contribution in [3.8, 4) is 0 Å². The molecule has 0 bridgehead atoms. The summed E-state index contributed by atoms with van der Waals surface area (Å²) in [5.74, 6) is -1.93. The van der Waals surface area contributed by atoms with Crippen molar-refractivity contribution in [2.45, 2.75) is 5.79 Å². The first kappa shape index (κ1) is 17.6. The normalized spacial score (nSPS) is 17.5. The number of benzene rings is 3. The zero-order valence-corrected chi connectivity index (χ0v) is 16.4. The lowest BCUT2D eigenvalue weighted by molar-refractivity contribution is -0.180. The highest BCUT2D eigenvalue weighted by atomic mass is 79.9. The first-order valence-electron chi connectivity index (χ1n) is 9.01. The Labute approximate surface area is 170 Å². The minimum Gasteiger partial charge on any atom is -0.336 e. The molecule has 0 atom stereocenters. The zero-order chi connectivity index (χ0) is 19.3. The van der Waals surface area contributed by atoms with Gasteiger partial charge < -0.3 is 9.47 Å². The summed E-state index contributed by atoms with van der Waals surface area (Å²) in [6.45, 7) is 0.599. The van der Waals surface area contributed by atoms with Gasteiger partial charge in [0.1, 0.15) is 0 Å². The molecule has 0 aliphatic carbocycles. The second kappa shape index (κ2) is 6.51. The second-order valence-corrected chi connectivity index (χ2v) is 7.73. The number of Topliss-reactive ketones (excluding diaryl/α,β-unsaturated/α-hetero) is 1. The van der Waals surface area contributed by atoms with E-state index in [1.165, 1.54) is 4.90 Å². The second-order valence-electron chi connectivity index (χ2n) is 6.82. The van der Waals surface area contributed by atoms with E-state index in [0.29, 0.717) is 30.0 Å². The molecule has 28 heavy (non-hydrogen) atoms. The van der Waals surface area contributed by atoms with Crippen molar-refractivity contribution in [3.63, 3.8) is 0 Å². The van der Waals surface area contributed by atoms with E-state index in [2.05, 4.69) is 15.9 Å². The Morgan fingerprint density at radius 3 is 2.61 bits per heavy atom. The summed E-state index contributed by atoms with van der Waals surface area (Å²) in [6.07, 6.45) is 0. The Balaban J connectivity index is 1.55. The monoisotopic (exact) mass is 437 g/mol. The van der Waals surface area contributed by atoms with Gasteiger partial charge in [0.25, 0.3) is 11.7 Å². The third-order valence-corrected chi connectivity index (χ3v) is 5.71. The Hall–Kier alpha value is -2.54. The minimum absolute atomic E-state index is 0.0735. The molecule has 1 fully saturated rings. The van der Waals surface area contributed by atoms with Gasteiger partial charge in [-0.25, -0.2) is 0 Å². The maximum absolute atomic E-state index is 13.2. The molecular weight excluding hydrogens is 422 g/mol. The molecule has 2 heterocycles. The summed E-state index contributed by atoms with van der Waals surface area (Å²) in [5, 5.41) is 1.87. The molecule has 1 spiro atoms. The van der Waals surface area contributed by atoms with Gasteiger partial charge in [-0.05, 0) is 29.0 Å². The van der Waals surface area contributed by atoms with Gasteiger partial charge in [-0.2, -0.15) is 0 Å². The molecule has 1 saturated heterocycles. The summed E-state index contributed by atoms with van der Waals surface area (Å²) >= 11 is 3.44. The van der Waals surface area contributed by atoms with E-state index in [1.54, 1.807) is 6.07 Å². The van der Waals surface area contributed by atoms with E-state index < -0.39 is 5.79 Å². The summed E-state index contributed by atoms with van der Waals surface area (Å²) in [6, 6.07) is 18.8. The number of ether oxygens (including phenoxy) is 2. The predicted octanol–water partition coefficient (Wildman–Crippen LogP) is 4.03. The number of carbonyl (C=O) groups is 2. The van der Waals surface area contributed by atoms with E-state index >= 15 is 0 Å². The molecule has 3 aromatic rings. The van der Waals surface area contributed by atoms with Crippen molar-refractivity contribution in [3.05, 3.63) is 76.3 Å². The number of fused-ring (bicyclic) bond motifs is 3. The van der Waals surface area contributed by atoms with Crippen LogP contribution in [0.15, 0.2) is 65.1 Å². The third kappa shape index (κ3) is 2.53. The lowest BCUT2D eigenvalue weighted by Crippen LogP contribution is -2.43. The number of hydrogen-bond acceptors (Lipinski definition) is 4. The van der Waals surface area contributed by atoms with E-state index in [-0.39, 0.29) is 18.2 Å². The highest BCUT2D eigenvalue weighted by Gasteiger charge is 2.56. The van der Waals surface area contributed by atoms with Crippen molar-refractivity contribution in [2.75, 3.05) is 24.7 Å². The minimum atomic E-state index is -1.45. The smallest absolute Gasteiger partial charge is 0.292 e. The van der Waals surface area contributed by atoms with Crippen molar-refractivity contribution < 1.29 is 19.1 Å². The molecule has 2 aliphatic heterocycles. The number of halogens is 1. The summed E-state index contributed by atoms with van der Waals surface area (Å²) in [5.41, 5.74) is 1.87. The lowest BCUT2D eigenvalue weighted by Gasteiger charge is -2.22. The van der Waals surface area contributed by atoms with Crippen LogP contribution >= 0.6 is 15.9 Å². The quantitative estimate of drug-likeness (QED) is 0.580. The molecule has 5 rings (SSSR count). The fraction of sp³-hybridized carbons (Fsp3) is 0.182. The molecular formula is C22H16BrNO4. The average molecular weight is 438 g/mol. The van der Waals surface area contributed by atoms with Crippen LogP contribution < -0.4 is 4.90 Å². The SMILES string of the molecule is O=C(CN1C(=O)C2(OCCO2)c2cc(Br)ccc21)c1cccc2ccccc12. The number of hydrogen-bond donors (Lipinski definition) is 0. The number of rotatable bonds is 3. The number of ketones is 1. The topological polar surface area (TPSA) is 55.8 Å². The largest absolute Gasteiger partial charge is 0.336 e. The highest BCUT2D eigenvalue weighted by molar-refractivity contribution is 9.10. The maximum atomic E-state index is 13.2. The van der Waals surface area contributed by atoms with Gasteiger partial charge in [-0.1, -0.05) is 58.4 Å². The summed E-state index contributed by atoms with van der Waals surface area (Å²) in [4.78, 5) is 27.9. The van der Waals surface area contributed by atoms with Crippen molar-refractivity contribution in [2.24, 2.45) is 0 Å². The molecule has 6 heteroatoms. The van der Waals surface area contributed by atoms with Crippen LogP contribution in [-0.2, 0) is 20.1 Å². The molecule has 0 aromatic heterocycles. The van der Waals surface area contributed by atoms with E-state index in [9.17, 15) is 9.59 Å². The Bertz CT molecular complexity index is 1120. The fourth-order valence-electron chi connectivity index (χ4n) is 3.96. The van der Waals surface area contributed by atoms with Gasteiger partial charge in [0, 0.05) is 15.6 Å². The standard InChI is InChI=1S/C22H16BrNO4/c23-15-8-9-19-18(12-15)22(27-10-11-28-22)21(26)24(19)13-20(25)17-7-3-5-14-4-1-2-6-16(14)17/h1-9,12H,10-11,13H2. The molecule has 0 N–H and O–H groups in total. The van der Waals surface area contributed by atoms with Crippen LogP contribution in [0, 0.1) is 0 Å². The van der Waals surface area contributed by atoms with Crippen LogP contribution in [0.1, 0.15) is 15.9 Å². The van der Waals surface area contributed by atoms with E-state index in [4.69, 9.17) is 9.47 Å². The van der Waals surface area contributed by atoms with Gasteiger partial charge >= 0.3 is 0 Å². The Kier molecular flexibility index (Phi) is 4.08.